The van der Waals surface area contributed by atoms with Crippen molar-refractivity contribution in [3.63, 3.8) is 0 Å². The number of nitrogens with one attached hydrogen (secondary N) is 2. The smallest absolute Gasteiger partial charge is 0.347 e. The molecule has 11 heteroatoms. The fourth-order valence-corrected chi connectivity index (χ4v) is 2.36. The van der Waals surface area contributed by atoms with Gasteiger partial charge in [0.2, 0.25) is 17.8 Å². The van der Waals surface area contributed by atoms with Crippen LogP contribution in [-0.2, 0) is 6.18 Å². The van der Waals surface area contributed by atoms with Gasteiger partial charge in [0.05, 0.1) is 11.8 Å². The normalized spacial score (nSPS) is 11.5. The Hall–Kier alpha value is -3.76. The largest absolute Gasteiger partial charge is 0.417 e. The fourth-order valence-electron chi connectivity index (χ4n) is 2.36. The van der Waals surface area contributed by atoms with E-state index in [0.717, 1.165) is 12.3 Å². The van der Waals surface area contributed by atoms with Gasteiger partial charge >= 0.3 is 6.18 Å². The van der Waals surface area contributed by atoms with Crippen molar-refractivity contribution in [3.8, 4) is 0 Å². The zero-order chi connectivity index (χ0) is 21.7. The number of hydrogen-bond donors (Lipinski definition) is 2. The maximum atomic E-state index is 13.1. The van der Waals surface area contributed by atoms with Gasteiger partial charge in [-0.3, -0.25) is 0 Å². The van der Waals surface area contributed by atoms with E-state index in [2.05, 4.69) is 30.8 Å². The van der Waals surface area contributed by atoms with E-state index in [9.17, 15) is 17.6 Å². The van der Waals surface area contributed by atoms with Gasteiger partial charge < -0.3 is 10.2 Å². The van der Waals surface area contributed by atoms with Crippen LogP contribution in [-0.4, -0.2) is 35.3 Å². The molecule has 2 N–H and O–H groups in total. The highest BCUT2D eigenvalue weighted by atomic mass is 19.4. The summed E-state index contributed by atoms with van der Waals surface area (Å²) in [5.41, 5.74) is 2.14. The maximum absolute atomic E-state index is 13.1. The van der Waals surface area contributed by atoms with Crippen LogP contribution in [0.4, 0.5) is 41.1 Å². The molecule has 0 aliphatic carbocycles. The Balaban J connectivity index is 1.83. The van der Waals surface area contributed by atoms with Crippen molar-refractivity contribution in [1.29, 1.82) is 0 Å². The van der Waals surface area contributed by atoms with E-state index in [0.29, 0.717) is 5.69 Å². The highest BCUT2D eigenvalue weighted by Crippen LogP contribution is 2.31. The highest BCUT2D eigenvalue weighted by Gasteiger charge is 2.32. The number of alkyl halides is 3. The summed E-state index contributed by atoms with van der Waals surface area (Å²) in [7, 11) is 3.42. The molecule has 0 unspecified atom stereocenters. The van der Waals surface area contributed by atoms with Gasteiger partial charge in [-0.25, -0.2) is 9.82 Å². The third-order valence-corrected chi connectivity index (χ3v) is 3.76. The molecule has 0 bridgehead atoms. The molecule has 2 aromatic carbocycles. The molecule has 7 nitrogen and oxygen atoms in total. The van der Waals surface area contributed by atoms with Crippen LogP contribution in [0, 0.1) is 5.82 Å². The van der Waals surface area contributed by atoms with E-state index in [-0.39, 0.29) is 29.2 Å². The van der Waals surface area contributed by atoms with E-state index in [4.69, 9.17) is 0 Å². The lowest BCUT2D eigenvalue weighted by atomic mass is 10.1. The summed E-state index contributed by atoms with van der Waals surface area (Å²) in [4.78, 5) is 14.1. The van der Waals surface area contributed by atoms with Gasteiger partial charge in [-0.05, 0) is 30.3 Å². The quantitative estimate of drug-likeness (QED) is 0.353. The first-order valence-corrected chi connectivity index (χ1v) is 8.63. The van der Waals surface area contributed by atoms with Crippen molar-refractivity contribution >= 4 is 29.7 Å². The fraction of sp³-hybridized carbons (Fsp3) is 0.158. The average molecular weight is 419 g/mol. The molecular weight excluding hydrogens is 402 g/mol. The van der Waals surface area contributed by atoms with Gasteiger partial charge in [0.25, 0.3) is 0 Å². The molecule has 0 aliphatic rings. The summed E-state index contributed by atoms with van der Waals surface area (Å²) in [6, 6.07) is 10.6. The van der Waals surface area contributed by atoms with Crippen LogP contribution >= 0.6 is 0 Å². The van der Waals surface area contributed by atoms with Crippen LogP contribution in [0.3, 0.4) is 0 Å². The van der Waals surface area contributed by atoms with Gasteiger partial charge in [0, 0.05) is 25.3 Å². The van der Waals surface area contributed by atoms with Crippen LogP contribution in [0.25, 0.3) is 0 Å². The Labute approximate surface area is 169 Å². The van der Waals surface area contributed by atoms with Crippen LogP contribution in [0.1, 0.15) is 11.1 Å². The first kappa shape index (κ1) is 21.0. The standard InChI is InChI=1S/C19H17F4N7/c1-30(2)18-27-16(25-14-9-7-13(20)8-10-14)26-17(28-18)29-24-11-12-5-3-4-6-15(12)19(21,22)23/h3-11H,1-2H3,(H2,25,26,27,28,29)/b24-11-. The maximum Gasteiger partial charge on any atom is 0.417 e. The number of nitrogens with zero attached hydrogens (tertiary/aromatic N) is 5. The van der Waals surface area contributed by atoms with Gasteiger partial charge in [-0.15, -0.1) is 0 Å². The monoisotopic (exact) mass is 419 g/mol. The molecule has 156 valence electrons. The van der Waals surface area contributed by atoms with E-state index in [1.807, 2.05) is 0 Å². The second kappa shape index (κ2) is 8.72. The molecule has 0 amide bonds. The Morgan fingerprint density at radius 1 is 0.933 bits per heavy atom. The number of halogens is 4. The van der Waals surface area contributed by atoms with Crippen LogP contribution in [0.15, 0.2) is 53.6 Å². The Kier molecular flexibility index (Phi) is 6.09. The lowest BCUT2D eigenvalue weighted by molar-refractivity contribution is -0.137. The van der Waals surface area contributed by atoms with Crippen molar-refractivity contribution in [2.24, 2.45) is 5.10 Å². The predicted molar refractivity (Wildman–Crippen MR) is 106 cm³/mol. The molecule has 0 aliphatic heterocycles. The van der Waals surface area contributed by atoms with Crippen molar-refractivity contribution in [1.82, 2.24) is 15.0 Å². The van der Waals surface area contributed by atoms with Crippen LogP contribution in [0.5, 0.6) is 0 Å². The van der Waals surface area contributed by atoms with E-state index in [1.54, 1.807) is 19.0 Å². The molecule has 0 radical (unpaired) electrons. The molecular formula is C19H17F4N7. The average Bonchev–Trinajstić information content (AvgIpc) is 2.69. The lowest BCUT2D eigenvalue weighted by Gasteiger charge is -2.13. The first-order chi connectivity index (χ1) is 14.2. The molecule has 3 rings (SSSR count). The number of benzene rings is 2. The summed E-state index contributed by atoms with van der Waals surface area (Å²) in [5.74, 6) is 0.0526. The minimum absolute atomic E-state index is 0.0130. The van der Waals surface area contributed by atoms with Gasteiger partial charge in [0.1, 0.15) is 5.82 Å². The number of rotatable bonds is 6. The minimum Gasteiger partial charge on any atom is -0.347 e. The second-order valence-corrected chi connectivity index (χ2v) is 6.26. The molecule has 30 heavy (non-hydrogen) atoms. The SMILES string of the molecule is CN(C)c1nc(N/N=C\c2ccccc2C(F)(F)F)nc(Nc2ccc(F)cc2)n1. The second-order valence-electron chi connectivity index (χ2n) is 6.26. The molecule has 0 fully saturated rings. The Morgan fingerprint density at radius 3 is 2.27 bits per heavy atom. The third kappa shape index (κ3) is 5.40. The lowest BCUT2D eigenvalue weighted by Crippen LogP contribution is -2.15. The zero-order valence-corrected chi connectivity index (χ0v) is 15.9. The summed E-state index contributed by atoms with van der Waals surface area (Å²) in [6.45, 7) is 0. The van der Waals surface area contributed by atoms with E-state index in [1.165, 1.54) is 42.5 Å². The third-order valence-electron chi connectivity index (χ3n) is 3.76. The molecule has 0 atom stereocenters. The Bertz CT molecular complexity index is 1030. The topological polar surface area (TPSA) is 78.3 Å². The van der Waals surface area contributed by atoms with Gasteiger partial charge in [0.15, 0.2) is 0 Å². The van der Waals surface area contributed by atoms with Crippen molar-refractivity contribution in [2.75, 3.05) is 29.7 Å². The molecule has 0 spiro atoms. The number of hydrogen-bond acceptors (Lipinski definition) is 7. The summed E-state index contributed by atoms with van der Waals surface area (Å²) in [5, 5.41) is 6.73. The molecule has 3 aromatic rings. The number of hydrazone groups is 1. The minimum atomic E-state index is -4.50. The molecule has 1 heterocycles. The summed E-state index contributed by atoms with van der Waals surface area (Å²) in [6.07, 6.45) is -3.46. The number of aromatic nitrogens is 3. The van der Waals surface area contributed by atoms with Crippen LogP contribution in [0.2, 0.25) is 0 Å². The van der Waals surface area contributed by atoms with E-state index >= 15 is 0 Å². The van der Waals surface area contributed by atoms with Gasteiger partial charge in [-0.2, -0.15) is 33.2 Å². The summed E-state index contributed by atoms with van der Waals surface area (Å²) < 4.78 is 52.3. The van der Waals surface area contributed by atoms with Crippen LogP contribution < -0.4 is 15.6 Å². The van der Waals surface area contributed by atoms with Crippen molar-refractivity contribution in [3.05, 3.63) is 65.5 Å². The van der Waals surface area contributed by atoms with Gasteiger partial charge in [-0.1, -0.05) is 18.2 Å². The highest BCUT2D eigenvalue weighted by molar-refractivity contribution is 5.82. The zero-order valence-electron chi connectivity index (χ0n) is 15.9. The molecule has 1 aromatic heterocycles. The van der Waals surface area contributed by atoms with Crippen molar-refractivity contribution < 1.29 is 17.6 Å². The Morgan fingerprint density at radius 2 is 1.60 bits per heavy atom. The predicted octanol–water partition coefficient (Wildman–Crippen LogP) is 4.29. The molecule has 0 saturated heterocycles. The van der Waals surface area contributed by atoms with E-state index < -0.39 is 11.7 Å². The summed E-state index contributed by atoms with van der Waals surface area (Å²) >= 11 is 0. The molecule has 0 saturated carbocycles. The first-order valence-electron chi connectivity index (χ1n) is 8.63. The van der Waals surface area contributed by atoms with Crippen molar-refractivity contribution in [2.45, 2.75) is 6.18 Å². The number of anilines is 4.